The Morgan fingerprint density at radius 1 is 1.43 bits per heavy atom. The second kappa shape index (κ2) is 5.67. The van der Waals surface area contributed by atoms with Crippen molar-refractivity contribution in [3.05, 3.63) is 16.9 Å². The van der Waals surface area contributed by atoms with E-state index in [0.717, 1.165) is 0 Å². The summed E-state index contributed by atoms with van der Waals surface area (Å²) in [6.45, 7) is -0.385. The molecule has 1 fully saturated rings. The highest BCUT2D eigenvalue weighted by Gasteiger charge is 2.43. The number of nitrogens with one attached hydrogen (secondary N) is 1. The highest BCUT2D eigenvalue weighted by Crippen LogP contribution is 2.32. The van der Waals surface area contributed by atoms with Gasteiger partial charge in [-0.3, -0.25) is 0 Å². The van der Waals surface area contributed by atoms with Crippen molar-refractivity contribution in [2.75, 3.05) is 12.3 Å². The number of nitrogens with zero attached hydrogens (tertiary/aromatic N) is 3. The molecule has 0 amide bonds. The van der Waals surface area contributed by atoms with Gasteiger partial charge in [-0.15, -0.1) is 0 Å². The maximum atomic E-state index is 10.0. The van der Waals surface area contributed by atoms with E-state index in [-0.39, 0.29) is 18.7 Å². The van der Waals surface area contributed by atoms with Crippen LogP contribution in [0.1, 0.15) is 6.23 Å². The number of fused-ring (bicyclic) bond motifs is 1. The number of hydrogen-bond acceptors (Lipinski definition) is 7. The molecular weight excluding hydrogens is 298 g/mol. The average molecular weight is 312 g/mol. The predicted octanol–water partition coefficient (Wildman–Crippen LogP) is -1.19. The Morgan fingerprint density at radius 2 is 2.14 bits per heavy atom. The molecule has 0 spiro atoms. The lowest BCUT2D eigenvalue weighted by Crippen LogP contribution is -2.33. The molecule has 10 heteroatoms. The Balaban J connectivity index is 0.00000161. The monoisotopic (exact) mass is 312 g/mol. The van der Waals surface area contributed by atoms with Crippen LogP contribution in [0.2, 0.25) is 0 Å². The number of aromatic amines is 1. The normalized spacial score (nSPS) is 28.7. The minimum Gasteiger partial charge on any atom is -0.394 e. The van der Waals surface area contributed by atoms with Crippen LogP contribution in [0, 0.1) is 4.64 Å². The smallest absolute Gasteiger partial charge is 0.200 e. The van der Waals surface area contributed by atoms with Crippen LogP contribution in [0.15, 0.2) is 12.3 Å². The molecule has 0 aromatic carbocycles. The number of H-pyrrole nitrogens is 1. The van der Waals surface area contributed by atoms with Crippen LogP contribution in [0.25, 0.3) is 11.0 Å². The van der Waals surface area contributed by atoms with Crippen LogP contribution in [-0.2, 0) is 4.74 Å². The fourth-order valence-corrected chi connectivity index (χ4v) is 2.64. The third-order valence-corrected chi connectivity index (χ3v) is 3.71. The van der Waals surface area contributed by atoms with Crippen molar-refractivity contribution in [2.45, 2.75) is 24.5 Å². The molecule has 1 aliphatic heterocycles. The van der Waals surface area contributed by atoms with E-state index in [1.165, 1.54) is 0 Å². The molecule has 0 bridgehead atoms. The number of ether oxygens (including phenoxy) is 1. The van der Waals surface area contributed by atoms with E-state index in [1.807, 2.05) is 0 Å². The number of aromatic nitrogens is 3. The van der Waals surface area contributed by atoms with Gasteiger partial charge in [0.15, 0.2) is 12.2 Å². The van der Waals surface area contributed by atoms with Crippen LogP contribution >= 0.6 is 12.2 Å². The van der Waals surface area contributed by atoms with E-state index < -0.39 is 24.5 Å². The van der Waals surface area contributed by atoms with Crippen LogP contribution in [0.3, 0.4) is 0 Å². The Hall–Kier alpha value is -1.56. The molecule has 2 aromatic heterocycles. The molecule has 113 valence electrons. The molecule has 21 heavy (non-hydrogen) atoms. The third-order valence-electron chi connectivity index (χ3n) is 3.39. The summed E-state index contributed by atoms with van der Waals surface area (Å²) in [6, 6.07) is 1.72. The summed E-state index contributed by atoms with van der Waals surface area (Å²) in [4.78, 5) is 6.87. The van der Waals surface area contributed by atoms with Gasteiger partial charge in [-0.1, -0.05) is 12.2 Å². The molecule has 0 unspecified atom stereocenters. The fourth-order valence-electron chi connectivity index (χ4n) is 2.38. The molecule has 0 aliphatic carbocycles. The van der Waals surface area contributed by atoms with E-state index in [4.69, 9.17) is 27.8 Å². The van der Waals surface area contributed by atoms with Gasteiger partial charge in [-0.25, -0.2) is 0 Å². The highest BCUT2D eigenvalue weighted by atomic mass is 32.1. The Kier molecular flexibility index (Phi) is 4.27. The number of aliphatic hydroxyl groups is 3. The Labute approximate surface area is 124 Å². The van der Waals surface area contributed by atoms with E-state index >= 15 is 0 Å². The lowest BCUT2D eigenvalue weighted by atomic mass is 10.1. The second-order valence-corrected chi connectivity index (χ2v) is 5.05. The quantitative estimate of drug-likeness (QED) is 0.435. The standard InChI is InChI=1S/C11H14N4O4S.N/c12-11-13-8-4(9(20)14-11)1-2-15(8)10-7(18)6(17)5(3-16)19-10;/h1-2,5-7,10,16-18H,3H2,(H3,12,13,14,20);/t5-,6-,7-,10-;/m1./s1. The zero-order valence-electron chi connectivity index (χ0n) is 10.7. The summed E-state index contributed by atoms with van der Waals surface area (Å²) >= 11 is 5.15. The van der Waals surface area contributed by atoms with Crippen LogP contribution in [0.5, 0.6) is 0 Å². The maximum absolute atomic E-state index is 10.0. The van der Waals surface area contributed by atoms with Crippen molar-refractivity contribution in [3.63, 3.8) is 0 Å². The molecule has 3 radical (unpaired) electrons. The number of nitrogens with two attached hydrogens (primary N) is 1. The molecule has 3 heterocycles. The first kappa shape index (κ1) is 15.8. The number of aliphatic hydroxyl groups excluding tert-OH is 3. The Morgan fingerprint density at radius 3 is 2.76 bits per heavy atom. The zero-order valence-corrected chi connectivity index (χ0v) is 11.6. The minimum atomic E-state index is -1.18. The van der Waals surface area contributed by atoms with Gasteiger partial charge in [0.25, 0.3) is 0 Å². The largest absolute Gasteiger partial charge is 0.394 e. The summed E-state index contributed by atoms with van der Waals surface area (Å²) in [5.74, 6) is 0.147. The van der Waals surface area contributed by atoms with E-state index in [2.05, 4.69) is 9.97 Å². The van der Waals surface area contributed by atoms with Gasteiger partial charge in [-0.05, 0) is 6.07 Å². The van der Waals surface area contributed by atoms with Gasteiger partial charge in [0.2, 0.25) is 0 Å². The highest BCUT2D eigenvalue weighted by molar-refractivity contribution is 7.71. The lowest BCUT2D eigenvalue weighted by Gasteiger charge is -2.17. The summed E-state index contributed by atoms with van der Waals surface area (Å²) in [7, 11) is 0. The average Bonchev–Trinajstić information content (AvgIpc) is 2.93. The fraction of sp³-hybridized carbons (Fsp3) is 0.455. The van der Waals surface area contributed by atoms with Crippen molar-refractivity contribution in [3.8, 4) is 0 Å². The van der Waals surface area contributed by atoms with Gasteiger partial charge in [0.1, 0.15) is 28.6 Å². The first-order valence-electron chi connectivity index (χ1n) is 6.01. The summed E-state index contributed by atoms with van der Waals surface area (Å²) < 4.78 is 7.42. The van der Waals surface area contributed by atoms with E-state index in [1.54, 1.807) is 16.8 Å². The van der Waals surface area contributed by atoms with Crippen molar-refractivity contribution in [2.24, 2.45) is 0 Å². The van der Waals surface area contributed by atoms with Crippen molar-refractivity contribution < 1.29 is 20.1 Å². The molecular formula is C11H14N5O4S. The van der Waals surface area contributed by atoms with Crippen molar-refractivity contribution >= 4 is 29.2 Å². The SMILES string of the molecule is Nc1nc2c(ccn2[C@@H]2O[C@H](CO)[C@@H](O)[C@H]2O)c(=S)[nH]1.[N]. The van der Waals surface area contributed by atoms with Gasteiger partial charge < -0.3 is 35.3 Å². The number of nitrogen functional groups attached to an aromatic ring is 1. The third kappa shape index (κ3) is 2.41. The van der Waals surface area contributed by atoms with Crippen LogP contribution < -0.4 is 11.9 Å². The summed E-state index contributed by atoms with van der Waals surface area (Å²) in [5.41, 5.74) is 6.07. The number of rotatable bonds is 2. The molecule has 4 atom stereocenters. The molecule has 9 nitrogen and oxygen atoms in total. The van der Waals surface area contributed by atoms with Crippen molar-refractivity contribution in [1.29, 1.82) is 0 Å². The maximum Gasteiger partial charge on any atom is 0.200 e. The topological polar surface area (TPSA) is 160 Å². The molecule has 0 saturated carbocycles. The molecule has 3 rings (SSSR count). The van der Waals surface area contributed by atoms with Gasteiger partial charge >= 0.3 is 0 Å². The number of anilines is 1. The predicted molar refractivity (Wildman–Crippen MR) is 74.5 cm³/mol. The lowest BCUT2D eigenvalue weighted by molar-refractivity contribution is -0.0508. The first-order chi connectivity index (χ1) is 9.52. The minimum absolute atomic E-state index is 0. The molecule has 1 saturated heterocycles. The molecule has 2 aromatic rings. The van der Waals surface area contributed by atoms with Gasteiger partial charge in [0, 0.05) is 12.3 Å². The van der Waals surface area contributed by atoms with E-state index in [9.17, 15) is 10.2 Å². The first-order valence-corrected chi connectivity index (χ1v) is 6.42. The van der Waals surface area contributed by atoms with Crippen molar-refractivity contribution in [1.82, 2.24) is 20.7 Å². The molecule has 6 N–H and O–H groups in total. The zero-order chi connectivity index (χ0) is 14.4. The van der Waals surface area contributed by atoms with Crippen LogP contribution in [0.4, 0.5) is 5.95 Å². The summed E-state index contributed by atoms with van der Waals surface area (Å²) in [5, 5.41) is 29.6. The summed E-state index contributed by atoms with van der Waals surface area (Å²) in [6.07, 6.45) is -2.41. The van der Waals surface area contributed by atoms with Crippen LogP contribution in [-0.4, -0.2) is 54.8 Å². The number of hydrogen-bond donors (Lipinski definition) is 5. The second-order valence-electron chi connectivity index (χ2n) is 4.64. The van der Waals surface area contributed by atoms with E-state index in [0.29, 0.717) is 15.7 Å². The van der Waals surface area contributed by atoms with Gasteiger partial charge in [0.05, 0.1) is 12.0 Å². The van der Waals surface area contributed by atoms with Gasteiger partial charge in [-0.2, -0.15) is 4.98 Å². The molecule has 1 aliphatic rings. The Bertz CT molecular complexity index is 701.